The fraction of sp³-hybridized carbons (Fsp3) is 0.550. The number of allylic oxidation sites excluding steroid dienone is 8. The van der Waals surface area contributed by atoms with Crippen LogP contribution < -0.4 is 0 Å². The predicted molar refractivity (Wildman–Crippen MR) is 106 cm³/mol. The topological polar surface area (TPSA) is 0 Å². The van der Waals surface area contributed by atoms with Gasteiger partial charge in [-0.2, -0.15) is 0 Å². The van der Waals surface area contributed by atoms with Crippen molar-refractivity contribution in [3.8, 4) is 0 Å². The number of rotatable bonds is 2. The molecule has 0 amide bonds. The zero-order chi connectivity index (χ0) is 16.1. The Morgan fingerprint density at radius 1 is 0.826 bits per heavy atom. The van der Waals surface area contributed by atoms with E-state index in [1.54, 1.807) is 22.3 Å². The van der Waals surface area contributed by atoms with E-state index >= 15 is 0 Å². The van der Waals surface area contributed by atoms with Gasteiger partial charge in [-0.25, -0.2) is 0 Å². The van der Waals surface area contributed by atoms with Crippen LogP contribution in [-0.2, 0) is 13.4 Å². The van der Waals surface area contributed by atoms with E-state index in [1.165, 1.54) is 51.4 Å². The molecule has 3 heteroatoms. The summed E-state index contributed by atoms with van der Waals surface area (Å²) in [6, 6.07) is 0. The first kappa shape index (κ1) is 17.1. The van der Waals surface area contributed by atoms with Gasteiger partial charge >= 0.3 is 154 Å². The summed E-state index contributed by atoms with van der Waals surface area (Å²) in [6.07, 6.45) is 20.7. The molecule has 0 radical (unpaired) electrons. The molecule has 0 saturated heterocycles. The van der Waals surface area contributed by atoms with Gasteiger partial charge in [0.25, 0.3) is 0 Å². The second-order valence-corrected chi connectivity index (χ2v) is 60.7. The molecule has 0 spiro atoms. The van der Waals surface area contributed by atoms with Gasteiger partial charge in [0.1, 0.15) is 0 Å². The van der Waals surface area contributed by atoms with Gasteiger partial charge < -0.3 is 0 Å². The molecule has 0 aromatic rings. The van der Waals surface area contributed by atoms with Crippen LogP contribution in [0.5, 0.6) is 0 Å². The predicted octanol–water partition coefficient (Wildman–Crippen LogP) is 7.58. The maximum absolute atomic E-state index is 4.48. The number of hydrogen-bond donors (Lipinski definition) is 0. The van der Waals surface area contributed by atoms with Crippen LogP contribution in [0.1, 0.15) is 58.3 Å². The maximum atomic E-state index is 4.48. The molecule has 124 valence electrons. The summed E-state index contributed by atoms with van der Waals surface area (Å²) in [7, 11) is 0. The summed E-state index contributed by atoms with van der Waals surface area (Å²) >= 11 is 5.39. The number of hydrogen-bond acceptors (Lipinski definition) is 0. The van der Waals surface area contributed by atoms with Crippen LogP contribution in [0.25, 0.3) is 0 Å². The van der Waals surface area contributed by atoms with Gasteiger partial charge in [-0.05, 0) is 0 Å². The molecule has 4 aliphatic rings. The molecule has 0 fully saturated rings. The molecule has 2 unspecified atom stereocenters. The van der Waals surface area contributed by atoms with Crippen LogP contribution in [0.15, 0.2) is 46.6 Å². The fourth-order valence-corrected chi connectivity index (χ4v) is 33.7. The molecule has 0 heterocycles. The van der Waals surface area contributed by atoms with Gasteiger partial charge in [0.05, 0.1) is 0 Å². The monoisotopic (exact) mass is 604 g/mol. The molecule has 23 heavy (non-hydrogen) atoms. The van der Waals surface area contributed by atoms with Crippen molar-refractivity contribution in [3.05, 3.63) is 46.6 Å². The summed E-state index contributed by atoms with van der Waals surface area (Å²) in [5.41, 5.74) is 6.84. The standard InChI is InChI=1S/2C9H11.C2H4.2BrH.Hf/c2*1-2-5-9-7-3-6-8(9)4-1;1-2;;;/h2*3,6-7H,1-2,4-5H2;1H,2H3;2*1H;/q;;;;;+2/p-2. The Morgan fingerprint density at radius 2 is 1.26 bits per heavy atom. The van der Waals surface area contributed by atoms with Gasteiger partial charge in [0.2, 0.25) is 0 Å². The third kappa shape index (κ3) is 2.63. The summed E-state index contributed by atoms with van der Waals surface area (Å²) in [6.45, 7) is 2.31. The van der Waals surface area contributed by atoms with Crippen LogP contribution in [-0.4, -0.2) is 3.76 Å². The number of halogens is 2. The van der Waals surface area contributed by atoms with E-state index in [-0.39, 0.29) is 0 Å². The van der Waals surface area contributed by atoms with Crippen LogP contribution >= 0.6 is 24.6 Å². The van der Waals surface area contributed by atoms with Crippen LogP contribution in [0.4, 0.5) is 0 Å². The quantitative estimate of drug-likeness (QED) is 0.285. The third-order valence-electron chi connectivity index (χ3n) is 6.58. The van der Waals surface area contributed by atoms with Gasteiger partial charge in [-0.1, -0.05) is 0 Å². The molecule has 0 N–H and O–H groups in total. The zero-order valence-electron chi connectivity index (χ0n) is 14.0. The third-order valence-corrected chi connectivity index (χ3v) is 46.6. The minimum absolute atomic E-state index is 0.635. The second-order valence-electron chi connectivity index (χ2n) is 7.70. The van der Waals surface area contributed by atoms with E-state index in [2.05, 4.69) is 59.6 Å². The molecule has 0 saturated carbocycles. The van der Waals surface area contributed by atoms with Crippen molar-refractivity contribution in [1.82, 2.24) is 0 Å². The fourth-order valence-electron chi connectivity index (χ4n) is 5.24. The van der Waals surface area contributed by atoms with Crippen molar-refractivity contribution >= 4 is 28.3 Å². The minimum atomic E-state index is -3.57. The van der Waals surface area contributed by atoms with Crippen LogP contribution in [0.3, 0.4) is 0 Å². The molecule has 2 atom stereocenters. The van der Waals surface area contributed by atoms with E-state index in [0.29, 0.717) is 7.35 Å². The Hall–Kier alpha value is 0.660. The van der Waals surface area contributed by atoms with Crippen molar-refractivity contribution in [1.29, 1.82) is 0 Å². The first-order valence-electron chi connectivity index (χ1n) is 9.22. The van der Waals surface area contributed by atoms with Crippen molar-refractivity contribution in [2.24, 2.45) is 0 Å². The van der Waals surface area contributed by atoms with E-state index in [9.17, 15) is 0 Å². The van der Waals surface area contributed by atoms with Gasteiger partial charge in [0, 0.05) is 0 Å². The first-order valence-corrected chi connectivity index (χ1v) is 31.1. The SMILES string of the molecule is C[CH]=[Hf]([Br])([Br])([CH]1C=CC2=C1CCCC2)[CH]1C=CC2=C1CCCC2. The van der Waals surface area contributed by atoms with E-state index in [4.69, 9.17) is 0 Å². The molecule has 0 nitrogen and oxygen atoms in total. The van der Waals surface area contributed by atoms with Crippen LogP contribution in [0.2, 0.25) is 7.35 Å². The van der Waals surface area contributed by atoms with Crippen LogP contribution in [0, 0.1) is 0 Å². The van der Waals surface area contributed by atoms with E-state index < -0.39 is 13.4 Å². The molecule has 4 aliphatic carbocycles. The average molecular weight is 605 g/mol. The molecule has 0 aliphatic heterocycles. The summed E-state index contributed by atoms with van der Waals surface area (Å²) in [4.78, 5) is 0. The Morgan fingerprint density at radius 3 is 1.70 bits per heavy atom. The molecule has 0 aromatic carbocycles. The Balaban J connectivity index is 1.81. The van der Waals surface area contributed by atoms with Gasteiger partial charge in [0.15, 0.2) is 0 Å². The van der Waals surface area contributed by atoms with Crippen molar-refractivity contribution < 1.29 is 13.4 Å². The van der Waals surface area contributed by atoms with Crippen molar-refractivity contribution in [2.75, 3.05) is 0 Å². The van der Waals surface area contributed by atoms with Crippen molar-refractivity contribution in [2.45, 2.75) is 65.6 Å². The normalized spacial score (nSPS) is 30.8. The van der Waals surface area contributed by atoms with Crippen molar-refractivity contribution in [3.63, 3.8) is 0 Å². The zero-order valence-corrected chi connectivity index (χ0v) is 20.7. The van der Waals surface area contributed by atoms with E-state index in [0.717, 1.165) is 0 Å². The summed E-state index contributed by atoms with van der Waals surface area (Å²) in [5.74, 6) is 0. The Bertz CT molecular complexity index is 673. The molecular formula is C20H26Br2Hf. The molecular weight excluding hydrogens is 579 g/mol. The molecule has 0 bridgehead atoms. The Labute approximate surface area is 152 Å². The molecule has 4 rings (SSSR count). The second kappa shape index (κ2) is 6.13. The Kier molecular flexibility index (Phi) is 4.55. The van der Waals surface area contributed by atoms with Gasteiger partial charge in [-0.15, -0.1) is 0 Å². The summed E-state index contributed by atoms with van der Waals surface area (Å²) < 4.78 is 3.86. The van der Waals surface area contributed by atoms with Gasteiger partial charge in [-0.3, -0.25) is 0 Å². The summed E-state index contributed by atoms with van der Waals surface area (Å²) in [5, 5.41) is 0. The van der Waals surface area contributed by atoms with E-state index in [1.807, 2.05) is 0 Å². The average Bonchev–Trinajstić information content (AvgIpc) is 3.20. The molecule has 0 aromatic heterocycles. The first-order chi connectivity index (χ1) is 11.0.